The lowest BCUT2D eigenvalue weighted by atomic mass is 10.1. The van der Waals surface area contributed by atoms with Gasteiger partial charge in [0.25, 0.3) is 5.91 Å². The topological polar surface area (TPSA) is 49.3 Å². The van der Waals surface area contributed by atoms with Crippen molar-refractivity contribution < 1.29 is 9.90 Å². The normalized spacial score (nSPS) is 10.3. The van der Waals surface area contributed by atoms with Crippen molar-refractivity contribution in [2.45, 2.75) is 11.9 Å². The van der Waals surface area contributed by atoms with Gasteiger partial charge in [-0.3, -0.25) is 4.79 Å². The van der Waals surface area contributed by atoms with Crippen LogP contribution in [0.5, 0.6) is 5.75 Å². The molecule has 0 spiro atoms. The van der Waals surface area contributed by atoms with Gasteiger partial charge in [-0.1, -0.05) is 51.8 Å². The molecular formula is C15H13BrClNO2. The second kappa shape index (κ2) is 6.77. The summed E-state index contributed by atoms with van der Waals surface area (Å²) in [5.74, 6) is -0.451. The first kappa shape index (κ1) is 14.9. The lowest BCUT2D eigenvalue weighted by Gasteiger charge is -2.07. The fourth-order valence-corrected chi connectivity index (χ4v) is 2.26. The second-order valence-electron chi connectivity index (χ2n) is 4.29. The van der Waals surface area contributed by atoms with Crippen LogP contribution in [0.4, 0.5) is 0 Å². The Labute approximate surface area is 130 Å². The van der Waals surface area contributed by atoms with Crippen LogP contribution in [0.2, 0.25) is 5.02 Å². The van der Waals surface area contributed by atoms with E-state index in [1.165, 1.54) is 17.7 Å². The van der Waals surface area contributed by atoms with Crippen molar-refractivity contribution >= 4 is 33.4 Å². The highest BCUT2D eigenvalue weighted by molar-refractivity contribution is 9.08. The fraction of sp³-hybridized carbons (Fsp3) is 0.133. The highest BCUT2D eigenvalue weighted by Gasteiger charge is 2.10. The van der Waals surface area contributed by atoms with Crippen molar-refractivity contribution in [2.75, 3.05) is 0 Å². The van der Waals surface area contributed by atoms with Crippen molar-refractivity contribution in [1.29, 1.82) is 0 Å². The molecule has 2 rings (SSSR count). The van der Waals surface area contributed by atoms with E-state index in [1.54, 1.807) is 6.07 Å². The zero-order chi connectivity index (χ0) is 14.5. The van der Waals surface area contributed by atoms with Gasteiger partial charge in [-0.05, 0) is 29.3 Å². The van der Waals surface area contributed by atoms with E-state index in [9.17, 15) is 9.90 Å². The van der Waals surface area contributed by atoms with E-state index in [4.69, 9.17) is 11.6 Å². The summed E-state index contributed by atoms with van der Waals surface area (Å²) < 4.78 is 0. The number of hydrogen-bond donors (Lipinski definition) is 2. The van der Waals surface area contributed by atoms with E-state index in [2.05, 4.69) is 21.2 Å². The first-order valence-corrected chi connectivity index (χ1v) is 7.50. The molecule has 0 aromatic heterocycles. The van der Waals surface area contributed by atoms with E-state index < -0.39 is 0 Å². The smallest absolute Gasteiger partial charge is 0.255 e. The highest BCUT2D eigenvalue weighted by atomic mass is 79.9. The fourth-order valence-electron chi connectivity index (χ4n) is 1.72. The summed E-state index contributed by atoms with van der Waals surface area (Å²) in [6, 6.07) is 12.3. The van der Waals surface area contributed by atoms with Crippen molar-refractivity contribution in [3.05, 3.63) is 64.2 Å². The van der Waals surface area contributed by atoms with Crippen LogP contribution in [0.15, 0.2) is 42.5 Å². The highest BCUT2D eigenvalue weighted by Crippen LogP contribution is 2.21. The maximum atomic E-state index is 12.0. The van der Waals surface area contributed by atoms with Crippen LogP contribution in [0.25, 0.3) is 0 Å². The Morgan fingerprint density at radius 2 is 1.80 bits per heavy atom. The molecule has 0 aliphatic carbocycles. The molecule has 2 aromatic rings. The number of amides is 1. The monoisotopic (exact) mass is 353 g/mol. The second-order valence-corrected chi connectivity index (χ2v) is 5.29. The van der Waals surface area contributed by atoms with Crippen molar-refractivity contribution in [3.63, 3.8) is 0 Å². The van der Waals surface area contributed by atoms with Crippen LogP contribution in [-0.2, 0) is 11.9 Å². The van der Waals surface area contributed by atoms with Crippen LogP contribution in [0, 0.1) is 0 Å². The summed E-state index contributed by atoms with van der Waals surface area (Å²) in [4.78, 5) is 12.0. The lowest BCUT2D eigenvalue weighted by Crippen LogP contribution is -2.22. The van der Waals surface area contributed by atoms with Gasteiger partial charge >= 0.3 is 0 Å². The molecule has 0 saturated carbocycles. The average Bonchev–Trinajstić information content (AvgIpc) is 2.45. The number of phenolic OH excluding ortho intramolecular Hbond substituents is 1. The number of rotatable bonds is 4. The summed E-state index contributed by atoms with van der Waals surface area (Å²) >= 11 is 9.11. The first-order chi connectivity index (χ1) is 9.60. The molecule has 0 saturated heterocycles. The number of halogens is 2. The molecule has 0 unspecified atom stereocenters. The molecule has 0 atom stereocenters. The average molecular weight is 355 g/mol. The van der Waals surface area contributed by atoms with Crippen LogP contribution in [0.1, 0.15) is 21.5 Å². The van der Waals surface area contributed by atoms with E-state index in [1.807, 2.05) is 24.3 Å². The largest absolute Gasteiger partial charge is 0.507 e. The Bertz CT molecular complexity index is 614. The zero-order valence-electron chi connectivity index (χ0n) is 10.6. The number of benzene rings is 2. The Kier molecular flexibility index (Phi) is 5.04. The number of alkyl halides is 1. The molecule has 5 heteroatoms. The van der Waals surface area contributed by atoms with Crippen LogP contribution < -0.4 is 5.32 Å². The molecule has 0 radical (unpaired) electrons. The maximum Gasteiger partial charge on any atom is 0.255 e. The Morgan fingerprint density at radius 1 is 1.15 bits per heavy atom. The SMILES string of the molecule is O=C(NCc1ccc(CBr)cc1)c1ccc(Cl)cc1O. The number of carbonyl (C=O) groups is 1. The maximum absolute atomic E-state index is 12.0. The molecule has 104 valence electrons. The third-order valence-corrected chi connectivity index (χ3v) is 3.72. The summed E-state index contributed by atoms with van der Waals surface area (Å²) in [6.45, 7) is 0.406. The van der Waals surface area contributed by atoms with E-state index in [0.29, 0.717) is 11.6 Å². The molecule has 0 heterocycles. The molecule has 0 fully saturated rings. The Hall–Kier alpha value is -1.52. The third kappa shape index (κ3) is 3.74. The Morgan fingerprint density at radius 3 is 2.40 bits per heavy atom. The van der Waals surface area contributed by atoms with Gasteiger partial charge < -0.3 is 10.4 Å². The van der Waals surface area contributed by atoms with Crippen molar-refractivity contribution in [2.24, 2.45) is 0 Å². The minimum Gasteiger partial charge on any atom is -0.507 e. The molecule has 0 aliphatic heterocycles. The summed E-state index contributed by atoms with van der Waals surface area (Å²) in [5.41, 5.74) is 2.39. The van der Waals surface area contributed by atoms with Crippen LogP contribution >= 0.6 is 27.5 Å². The van der Waals surface area contributed by atoms with Gasteiger partial charge in [0.05, 0.1) is 5.56 Å². The summed E-state index contributed by atoms with van der Waals surface area (Å²) in [6.07, 6.45) is 0. The van der Waals surface area contributed by atoms with E-state index in [0.717, 1.165) is 10.9 Å². The van der Waals surface area contributed by atoms with Gasteiger partial charge in [-0.2, -0.15) is 0 Å². The predicted octanol–water partition coefficient (Wildman–Crippen LogP) is 3.87. The van der Waals surface area contributed by atoms with Gasteiger partial charge in [-0.15, -0.1) is 0 Å². The van der Waals surface area contributed by atoms with E-state index in [-0.39, 0.29) is 17.2 Å². The molecule has 3 nitrogen and oxygen atoms in total. The van der Waals surface area contributed by atoms with Crippen LogP contribution in [0.3, 0.4) is 0 Å². The molecule has 1 amide bonds. The van der Waals surface area contributed by atoms with Gasteiger partial charge in [0.2, 0.25) is 0 Å². The Balaban J connectivity index is 2.00. The van der Waals surface area contributed by atoms with Crippen molar-refractivity contribution in [1.82, 2.24) is 5.32 Å². The van der Waals surface area contributed by atoms with Gasteiger partial charge in [0, 0.05) is 16.9 Å². The number of nitrogens with one attached hydrogen (secondary N) is 1. The minimum absolute atomic E-state index is 0.121. The molecular weight excluding hydrogens is 342 g/mol. The van der Waals surface area contributed by atoms with E-state index >= 15 is 0 Å². The number of hydrogen-bond acceptors (Lipinski definition) is 2. The van der Waals surface area contributed by atoms with Gasteiger partial charge in [0.1, 0.15) is 5.75 Å². The standard InChI is InChI=1S/C15H13BrClNO2/c16-8-10-1-3-11(4-2-10)9-18-15(20)13-6-5-12(17)7-14(13)19/h1-7,19H,8-9H2,(H,18,20). The number of aromatic hydroxyl groups is 1. The van der Waals surface area contributed by atoms with Crippen LogP contribution in [-0.4, -0.2) is 11.0 Å². The molecule has 0 aliphatic rings. The predicted molar refractivity (Wildman–Crippen MR) is 83.4 cm³/mol. The molecule has 0 bridgehead atoms. The van der Waals surface area contributed by atoms with Gasteiger partial charge in [-0.25, -0.2) is 0 Å². The molecule has 20 heavy (non-hydrogen) atoms. The quantitative estimate of drug-likeness (QED) is 0.819. The van der Waals surface area contributed by atoms with Crippen molar-refractivity contribution in [3.8, 4) is 5.75 Å². The summed E-state index contributed by atoms with van der Waals surface area (Å²) in [5, 5.41) is 13.6. The molecule has 2 N–H and O–H groups in total. The number of carbonyl (C=O) groups excluding carboxylic acids is 1. The summed E-state index contributed by atoms with van der Waals surface area (Å²) in [7, 11) is 0. The third-order valence-electron chi connectivity index (χ3n) is 2.83. The lowest BCUT2D eigenvalue weighted by molar-refractivity contribution is 0.0948. The minimum atomic E-state index is -0.330. The number of phenols is 1. The van der Waals surface area contributed by atoms with Gasteiger partial charge in [0.15, 0.2) is 0 Å². The zero-order valence-corrected chi connectivity index (χ0v) is 12.9. The first-order valence-electron chi connectivity index (χ1n) is 6.00. The molecule has 2 aromatic carbocycles.